The third-order valence-electron chi connectivity index (χ3n) is 7.63. The van der Waals surface area contributed by atoms with Crippen molar-refractivity contribution in [3.8, 4) is 34.3 Å². The molecule has 0 aliphatic rings. The predicted molar refractivity (Wildman–Crippen MR) is 174 cm³/mol. The molecule has 0 aliphatic carbocycles. The average molecular weight is 665 g/mol. The largest absolute Gasteiger partial charge is 0.573 e. The predicted octanol–water partition coefficient (Wildman–Crippen LogP) is 7.93. The number of aryl methyl sites for hydroxylation is 1. The van der Waals surface area contributed by atoms with Crippen LogP contribution < -0.4 is 19.6 Å². The van der Waals surface area contributed by atoms with Gasteiger partial charge >= 0.3 is 12.4 Å². The molecule has 5 aromatic rings. The van der Waals surface area contributed by atoms with Crippen LogP contribution in [-0.2, 0) is 0 Å². The lowest BCUT2D eigenvalue weighted by Gasteiger charge is -2.17. The molecule has 13 heteroatoms. The van der Waals surface area contributed by atoms with Crippen molar-refractivity contribution in [1.82, 2.24) is 24.6 Å². The van der Waals surface area contributed by atoms with Gasteiger partial charge in [-0.1, -0.05) is 45.0 Å². The number of rotatable bonds is 10. The molecule has 0 aliphatic heterocycles. The molecule has 0 fully saturated rings. The summed E-state index contributed by atoms with van der Waals surface area (Å²) in [5.41, 5.74) is 5.39. The number of hydrogen-bond acceptors (Lipinski definition) is 6. The monoisotopic (exact) mass is 664 g/mol. The third kappa shape index (κ3) is 8.09. The number of aromatic nitrogens is 4. The summed E-state index contributed by atoms with van der Waals surface area (Å²) < 4.78 is 50.2. The van der Waals surface area contributed by atoms with Crippen LogP contribution in [0.25, 0.3) is 22.8 Å². The third-order valence-corrected chi connectivity index (χ3v) is 8.58. The Kier molecular flexibility index (Phi) is 10.1. The fraction of sp³-hybridized carbons (Fsp3) is 0.294. The number of hydrogen-bond donors (Lipinski definition) is 1. The number of carbonyl (C=O) groups is 1. The molecule has 0 radical (unpaired) electrons. The normalized spacial score (nSPS) is 12.7. The molecule has 47 heavy (non-hydrogen) atoms. The topological polar surface area (TPSA) is 95.6 Å². The van der Waals surface area contributed by atoms with Crippen molar-refractivity contribution in [2.75, 3.05) is 13.7 Å². The maximum absolute atomic E-state index is 13.0. The molecule has 2 amide bonds. The highest BCUT2D eigenvalue weighted by Gasteiger charge is 2.31. The zero-order valence-electron chi connectivity index (χ0n) is 26.6. The number of nitrogens with zero attached hydrogens (tertiary/aromatic N) is 5. The Hall–Kier alpha value is -4.91. The highest BCUT2D eigenvalue weighted by atomic mass is 32.1. The number of alkyl halides is 3. The molecule has 0 saturated heterocycles. The second-order valence-corrected chi connectivity index (χ2v) is 12.0. The van der Waals surface area contributed by atoms with Crippen LogP contribution in [0.1, 0.15) is 55.8 Å². The number of benzene rings is 3. The molecule has 2 aromatic heterocycles. The van der Waals surface area contributed by atoms with E-state index in [-0.39, 0.29) is 17.6 Å². The van der Waals surface area contributed by atoms with Gasteiger partial charge in [0.1, 0.15) is 17.8 Å². The Bertz CT molecular complexity index is 1890. The van der Waals surface area contributed by atoms with Crippen molar-refractivity contribution in [2.24, 2.45) is 4.99 Å². The van der Waals surface area contributed by atoms with Gasteiger partial charge in [0.05, 0.1) is 18.5 Å². The lowest BCUT2D eigenvalue weighted by Crippen LogP contribution is -2.28. The van der Waals surface area contributed by atoms with E-state index in [1.807, 2.05) is 59.3 Å². The Morgan fingerprint density at radius 1 is 1.04 bits per heavy atom. The van der Waals surface area contributed by atoms with E-state index in [9.17, 15) is 18.0 Å². The molecule has 1 atom stereocenters. The smallest absolute Gasteiger partial charge is 0.497 e. The second kappa shape index (κ2) is 14.2. The standard InChI is InChI=1S/C34H35F3N6O3S/c1-6-23(18-38-32(44)40-33-43(22(4)19-47-33)30-16-15-28(45-5)17-29(30)21(2)3)24-7-9-25(10-8-24)31-39-20-42(41-31)26-11-13-27(14-12-26)46-34(35,36)37/h7-17,19-21,23H,6,18H2,1-5H3,(H,38,44)/b40-33-. The van der Waals surface area contributed by atoms with Crippen molar-refractivity contribution in [3.05, 3.63) is 100 Å². The van der Waals surface area contributed by atoms with E-state index >= 15 is 0 Å². The first-order valence-corrected chi connectivity index (χ1v) is 15.9. The van der Waals surface area contributed by atoms with Crippen LogP contribution in [0.2, 0.25) is 0 Å². The zero-order chi connectivity index (χ0) is 33.7. The molecule has 3 aromatic carbocycles. The van der Waals surface area contributed by atoms with Crippen LogP contribution in [0.3, 0.4) is 0 Å². The van der Waals surface area contributed by atoms with Crippen LogP contribution in [0.4, 0.5) is 18.0 Å². The van der Waals surface area contributed by atoms with Crippen LogP contribution >= 0.6 is 11.3 Å². The number of ether oxygens (including phenoxy) is 2. The number of amides is 2. The zero-order valence-corrected chi connectivity index (χ0v) is 27.4. The van der Waals surface area contributed by atoms with E-state index < -0.39 is 12.4 Å². The fourth-order valence-electron chi connectivity index (χ4n) is 5.15. The van der Waals surface area contributed by atoms with Gasteiger partial charge in [-0.05, 0) is 72.9 Å². The van der Waals surface area contributed by atoms with E-state index in [0.29, 0.717) is 22.9 Å². The summed E-state index contributed by atoms with van der Waals surface area (Å²) in [4.78, 5) is 22.4. The van der Waals surface area contributed by atoms with Crippen molar-refractivity contribution in [2.45, 2.75) is 52.3 Å². The molecule has 0 bridgehead atoms. The van der Waals surface area contributed by atoms with E-state index in [1.54, 1.807) is 7.11 Å². The van der Waals surface area contributed by atoms with Crippen LogP contribution in [0.15, 0.2) is 83.4 Å². The summed E-state index contributed by atoms with van der Waals surface area (Å²) >= 11 is 1.41. The van der Waals surface area contributed by atoms with Gasteiger partial charge in [0.2, 0.25) is 0 Å². The SMILES string of the molecule is CCC(CNC(=O)/N=c1\scc(C)n1-c1ccc(OC)cc1C(C)C)c1ccc(-c2ncn(-c3ccc(OC(F)(F)F)cc3)n2)cc1. The molecule has 1 N–H and O–H groups in total. The van der Waals surface area contributed by atoms with Crippen molar-refractivity contribution >= 4 is 17.4 Å². The van der Waals surface area contributed by atoms with Crippen LogP contribution in [0, 0.1) is 6.92 Å². The van der Waals surface area contributed by atoms with Crippen molar-refractivity contribution in [3.63, 3.8) is 0 Å². The minimum Gasteiger partial charge on any atom is -0.497 e. The number of thiazole rings is 1. The first-order chi connectivity index (χ1) is 22.5. The minimum atomic E-state index is -4.76. The summed E-state index contributed by atoms with van der Waals surface area (Å²) in [6, 6.07) is 18.7. The highest BCUT2D eigenvalue weighted by molar-refractivity contribution is 7.07. The first kappa shape index (κ1) is 33.5. The van der Waals surface area contributed by atoms with Crippen LogP contribution in [-0.4, -0.2) is 45.4 Å². The minimum absolute atomic E-state index is 0.0532. The lowest BCUT2D eigenvalue weighted by atomic mass is 9.95. The van der Waals surface area contributed by atoms with Gasteiger partial charge < -0.3 is 14.8 Å². The van der Waals surface area contributed by atoms with Gasteiger partial charge in [0, 0.05) is 29.1 Å². The van der Waals surface area contributed by atoms with Gasteiger partial charge in [-0.3, -0.25) is 4.57 Å². The Morgan fingerprint density at radius 2 is 1.74 bits per heavy atom. The Balaban J connectivity index is 1.26. The quantitative estimate of drug-likeness (QED) is 0.164. The second-order valence-electron chi connectivity index (χ2n) is 11.2. The Labute approximate surface area is 274 Å². The van der Waals surface area contributed by atoms with Gasteiger partial charge in [0.25, 0.3) is 0 Å². The molecule has 5 rings (SSSR count). The summed E-state index contributed by atoms with van der Waals surface area (Å²) in [5.74, 6) is 1.21. The maximum Gasteiger partial charge on any atom is 0.573 e. The van der Waals surface area contributed by atoms with Gasteiger partial charge in [-0.15, -0.1) is 29.6 Å². The van der Waals surface area contributed by atoms with Gasteiger partial charge in [-0.25, -0.2) is 14.5 Å². The van der Waals surface area contributed by atoms with Crippen LogP contribution in [0.5, 0.6) is 11.5 Å². The molecule has 0 saturated carbocycles. The Morgan fingerprint density at radius 3 is 2.38 bits per heavy atom. The molecular weight excluding hydrogens is 629 g/mol. The molecule has 1 unspecified atom stereocenters. The summed E-state index contributed by atoms with van der Waals surface area (Å²) in [5, 5.41) is 9.43. The van der Waals surface area contributed by atoms with E-state index in [0.717, 1.165) is 40.2 Å². The summed E-state index contributed by atoms with van der Waals surface area (Å²) in [6.45, 7) is 8.70. The molecule has 0 spiro atoms. The number of carbonyl (C=O) groups excluding carboxylic acids is 1. The number of methoxy groups -OCH3 is 1. The highest BCUT2D eigenvalue weighted by Crippen LogP contribution is 2.29. The van der Waals surface area contributed by atoms with Crippen molar-refractivity contribution in [1.29, 1.82) is 0 Å². The van der Waals surface area contributed by atoms with Gasteiger partial charge in [0.15, 0.2) is 10.6 Å². The molecule has 246 valence electrons. The summed E-state index contributed by atoms with van der Waals surface area (Å²) in [6.07, 6.45) is -2.47. The molecule has 2 heterocycles. The number of nitrogens with one attached hydrogen (secondary N) is 1. The first-order valence-electron chi connectivity index (χ1n) is 15.0. The molecule has 9 nitrogen and oxygen atoms in total. The van der Waals surface area contributed by atoms with E-state index in [4.69, 9.17) is 4.74 Å². The average Bonchev–Trinajstić information content (AvgIpc) is 3.68. The molecular formula is C34H35F3N6O3S. The van der Waals surface area contributed by atoms with Gasteiger partial charge in [-0.2, -0.15) is 4.99 Å². The van der Waals surface area contributed by atoms with Crippen molar-refractivity contribution < 1.29 is 27.4 Å². The lowest BCUT2D eigenvalue weighted by molar-refractivity contribution is -0.274. The fourth-order valence-corrected chi connectivity index (χ4v) is 6.01. The summed E-state index contributed by atoms with van der Waals surface area (Å²) in [7, 11) is 1.64. The van der Waals surface area contributed by atoms with E-state index in [1.165, 1.54) is 46.6 Å². The maximum atomic E-state index is 13.0. The number of urea groups is 1. The van der Waals surface area contributed by atoms with E-state index in [2.05, 4.69) is 45.9 Å². The number of halogens is 3.